The Bertz CT molecular complexity index is 654. The second-order valence-corrected chi connectivity index (χ2v) is 6.29. The van der Waals surface area contributed by atoms with Crippen LogP contribution < -0.4 is 5.32 Å². The lowest BCUT2D eigenvalue weighted by Gasteiger charge is -2.25. The van der Waals surface area contributed by atoms with Crippen LogP contribution in [0.1, 0.15) is 36.3 Å². The molecule has 0 radical (unpaired) electrons. The molecule has 1 saturated heterocycles. The number of carbonyl (C=O) groups excluding carboxylic acids is 1. The van der Waals surface area contributed by atoms with Crippen molar-refractivity contribution in [2.24, 2.45) is 0 Å². The van der Waals surface area contributed by atoms with Crippen molar-refractivity contribution < 1.29 is 4.79 Å². The average molecular weight is 308 g/mol. The molecule has 0 saturated carbocycles. The number of amides is 2. The van der Waals surface area contributed by atoms with E-state index in [4.69, 9.17) is 0 Å². The zero-order chi connectivity index (χ0) is 16.1. The van der Waals surface area contributed by atoms with Gasteiger partial charge in [0.05, 0.1) is 0 Å². The summed E-state index contributed by atoms with van der Waals surface area (Å²) >= 11 is 0. The Morgan fingerprint density at radius 1 is 1.04 bits per heavy atom. The van der Waals surface area contributed by atoms with E-state index in [0.29, 0.717) is 5.92 Å². The van der Waals surface area contributed by atoms with E-state index in [2.05, 4.69) is 29.6 Å². The Kier molecular flexibility index (Phi) is 4.96. The van der Waals surface area contributed by atoms with E-state index in [-0.39, 0.29) is 6.03 Å². The molecule has 1 fully saturated rings. The summed E-state index contributed by atoms with van der Waals surface area (Å²) in [6, 6.07) is 18.5. The molecule has 0 aromatic heterocycles. The highest BCUT2D eigenvalue weighted by Gasteiger charge is 2.23. The second kappa shape index (κ2) is 7.32. The van der Waals surface area contributed by atoms with Gasteiger partial charge in [-0.1, -0.05) is 55.0 Å². The van der Waals surface area contributed by atoms with Gasteiger partial charge in [0.25, 0.3) is 0 Å². The van der Waals surface area contributed by atoms with Crippen LogP contribution in [0, 0.1) is 6.92 Å². The molecule has 3 heteroatoms. The van der Waals surface area contributed by atoms with E-state index in [1.807, 2.05) is 42.2 Å². The molecule has 2 amide bonds. The Morgan fingerprint density at radius 2 is 1.78 bits per heavy atom. The van der Waals surface area contributed by atoms with E-state index < -0.39 is 0 Å². The van der Waals surface area contributed by atoms with Crippen LogP contribution in [0.2, 0.25) is 0 Å². The summed E-state index contributed by atoms with van der Waals surface area (Å²) in [7, 11) is 0. The third-order valence-electron chi connectivity index (χ3n) is 4.62. The highest BCUT2D eigenvalue weighted by Crippen LogP contribution is 2.27. The Morgan fingerprint density at radius 3 is 2.57 bits per heavy atom. The number of nitrogens with zero attached hydrogens (tertiary/aromatic N) is 1. The third kappa shape index (κ3) is 3.92. The fraction of sp³-hybridized carbons (Fsp3) is 0.350. The highest BCUT2D eigenvalue weighted by molar-refractivity contribution is 5.90. The first kappa shape index (κ1) is 15.6. The van der Waals surface area contributed by atoms with Crippen molar-refractivity contribution in [1.29, 1.82) is 0 Å². The number of anilines is 1. The molecular weight excluding hydrogens is 284 g/mol. The molecule has 2 aromatic carbocycles. The lowest BCUT2D eigenvalue weighted by atomic mass is 9.94. The van der Waals surface area contributed by atoms with E-state index in [9.17, 15) is 4.79 Å². The van der Waals surface area contributed by atoms with E-state index >= 15 is 0 Å². The molecule has 120 valence electrons. The average Bonchev–Trinajstić information content (AvgIpc) is 2.84. The van der Waals surface area contributed by atoms with Gasteiger partial charge in [0.15, 0.2) is 0 Å². The number of hydrogen-bond acceptors (Lipinski definition) is 1. The van der Waals surface area contributed by atoms with Crippen LogP contribution in [0.5, 0.6) is 0 Å². The number of benzene rings is 2. The third-order valence-corrected chi connectivity index (χ3v) is 4.62. The van der Waals surface area contributed by atoms with Crippen molar-refractivity contribution in [2.75, 3.05) is 18.4 Å². The summed E-state index contributed by atoms with van der Waals surface area (Å²) in [5, 5.41) is 3.07. The summed E-state index contributed by atoms with van der Waals surface area (Å²) in [5.74, 6) is 0.432. The zero-order valence-corrected chi connectivity index (χ0v) is 13.7. The molecule has 1 heterocycles. The summed E-state index contributed by atoms with van der Waals surface area (Å²) in [6.07, 6.45) is 3.40. The van der Waals surface area contributed by atoms with Gasteiger partial charge in [-0.05, 0) is 37.0 Å². The van der Waals surface area contributed by atoms with Crippen LogP contribution in [0.25, 0.3) is 0 Å². The van der Waals surface area contributed by atoms with Crippen molar-refractivity contribution in [3.8, 4) is 0 Å². The first-order valence-corrected chi connectivity index (χ1v) is 8.40. The smallest absolute Gasteiger partial charge is 0.321 e. The van der Waals surface area contributed by atoms with Crippen LogP contribution in [-0.4, -0.2) is 24.0 Å². The minimum Gasteiger partial charge on any atom is -0.324 e. The zero-order valence-electron chi connectivity index (χ0n) is 13.7. The molecule has 2 aromatic rings. The SMILES string of the molecule is Cc1ccccc1NC(=O)N1CCCCC(c2ccccc2)C1. The molecule has 3 rings (SSSR count). The molecule has 0 bridgehead atoms. The molecular formula is C20H24N2O. The number of rotatable bonds is 2. The summed E-state index contributed by atoms with van der Waals surface area (Å²) in [6.45, 7) is 3.65. The van der Waals surface area contributed by atoms with Gasteiger partial charge in [0.1, 0.15) is 0 Å². The fourth-order valence-corrected chi connectivity index (χ4v) is 3.23. The maximum absolute atomic E-state index is 12.7. The summed E-state index contributed by atoms with van der Waals surface area (Å²) in [4.78, 5) is 14.6. The lowest BCUT2D eigenvalue weighted by molar-refractivity contribution is 0.211. The molecule has 0 spiro atoms. The fourth-order valence-electron chi connectivity index (χ4n) is 3.23. The van der Waals surface area contributed by atoms with Crippen molar-refractivity contribution in [1.82, 2.24) is 4.90 Å². The number of nitrogens with one attached hydrogen (secondary N) is 1. The summed E-state index contributed by atoms with van der Waals surface area (Å²) < 4.78 is 0. The number of aryl methyl sites for hydroxylation is 1. The van der Waals surface area contributed by atoms with Crippen LogP contribution in [0.4, 0.5) is 10.5 Å². The van der Waals surface area contributed by atoms with Gasteiger partial charge in [-0.15, -0.1) is 0 Å². The van der Waals surface area contributed by atoms with Crippen LogP contribution in [-0.2, 0) is 0 Å². The number of hydrogen-bond donors (Lipinski definition) is 1. The second-order valence-electron chi connectivity index (χ2n) is 6.29. The normalized spacial score (nSPS) is 18.3. The van der Waals surface area contributed by atoms with Gasteiger partial charge in [-0.3, -0.25) is 0 Å². The molecule has 1 unspecified atom stereocenters. The maximum atomic E-state index is 12.7. The Hall–Kier alpha value is -2.29. The standard InChI is InChI=1S/C20H24N2O/c1-16-9-5-6-13-19(16)21-20(23)22-14-8-7-12-18(15-22)17-10-3-2-4-11-17/h2-6,9-11,13,18H,7-8,12,14-15H2,1H3,(H,21,23). The molecule has 1 aliphatic rings. The van der Waals surface area contributed by atoms with Crippen molar-refractivity contribution in [3.63, 3.8) is 0 Å². The van der Waals surface area contributed by atoms with Crippen molar-refractivity contribution >= 4 is 11.7 Å². The van der Waals surface area contributed by atoms with Crippen molar-refractivity contribution in [2.45, 2.75) is 32.1 Å². The Labute approximate surface area is 138 Å². The van der Waals surface area contributed by atoms with Gasteiger partial charge in [-0.2, -0.15) is 0 Å². The summed E-state index contributed by atoms with van der Waals surface area (Å²) in [5.41, 5.74) is 3.33. The van der Waals surface area contributed by atoms with E-state index in [1.54, 1.807) is 0 Å². The number of para-hydroxylation sites is 1. The van der Waals surface area contributed by atoms with Gasteiger partial charge in [-0.25, -0.2) is 4.79 Å². The quantitative estimate of drug-likeness (QED) is 0.849. The van der Waals surface area contributed by atoms with Gasteiger partial charge in [0.2, 0.25) is 0 Å². The Balaban J connectivity index is 1.71. The number of urea groups is 1. The molecule has 23 heavy (non-hydrogen) atoms. The van der Waals surface area contributed by atoms with Crippen LogP contribution in [0.3, 0.4) is 0 Å². The van der Waals surface area contributed by atoms with Crippen molar-refractivity contribution in [3.05, 3.63) is 65.7 Å². The topological polar surface area (TPSA) is 32.3 Å². The highest BCUT2D eigenvalue weighted by atomic mass is 16.2. The van der Waals surface area contributed by atoms with E-state index in [1.165, 1.54) is 12.0 Å². The number of likely N-dealkylation sites (tertiary alicyclic amines) is 1. The molecule has 1 aliphatic heterocycles. The first-order chi connectivity index (χ1) is 11.2. The van der Waals surface area contributed by atoms with E-state index in [0.717, 1.165) is 37.2 Å². The van der Waals surface area contributed by atoms with Crippen LogP contribution >= 0.6 is 0 Å². The maximum Gasteiger partial charge on any atom is 0.321 e. The van der Waals surface area contributed by atoms with Gasteiger partial charge < -0.3 is 10.2 Å². The minimum absolute atomic E-state index is 0.0159. The van der Waals surface area contributed by atoms with Crippen LogP contribution in [0.15, 0.2) is 54.6 Å². The molecule has 1 atom stereocenters. The van der Waals surface area contributed by atoms with Gasteiger partial charge in [0, 0.05) is 24.7 Å². The molecule has 1 N–H and O–H groups in total. The molecule has 0 aliphatic carbocycles. The predicted octanol–water partition coefficient (Wildman–Crippen LogP) is 4.80. The molecule has 3 nitrogen and oxygen atoms in total. The lowest BCUT2D eigenvalue weighted by Crippen LogP contribution is -2.37. The predicted molar refractivity (Wildman–Crippen MR) is 94.8 cm³/mol. The minimum atomic E-state index is 0.0159. The van der Waals surface area contributed by atoms with Gasteiger partial charge >= 0.3 is 6.03 Å². The number of carbonyl (C=O) groups is 1. The first-order valence-electron chi connectivity index (χ1n) is 8.40. The largest absolute Gasteiger partial charge is 0.324 e. The monoisotopic (exact) mass is 308 g/mol.